The summed E-state index contributed by atoms with van der Waals surface area (Å²) in [6.45, 7) is 13.7. The maximum atomic E-state index is 13.9. The van der Waals surface area contributed by atoms with E-state index in [1.54, 1.807) is 7.11 Å². The average Bonchev–Trinajstić information content (AvgIpc) is 3.11. The van der Waals surface area contributed by atoms with Crippen molar-refractivity contribution in [3.05, 3.63) is 65.7 Å². The Balaban J connectivity index is 1.60. The number of hydrogen-bond acceptors (Lipinski definition) is 2. The molecule has 36 heavy (non-hydrogen) atoms. The van der Waals surface area contributed by atoms with Crippen LogP contribution in [-0.2, 0) is 12.0 Å². The molecule has 2 aromatic carbocycles. The first-order chi connectivity index (χ1) is 17.1. The quantitative estimate of drug-likeness (QED) is 0.380. The first-order valence-corrected chi connectivity index (χ1v) is 13.8. The number of benzene rings is 2. The summed E-state index contributed by atoms with van der Waals surface area (Å²) in [5.41, 5.74) is 2.83. The molecule has 0 radical (unpaired) electrons. The van der Waals surface area contributed by atoms with E-state index in [9.17, 15) is 4.79 Å². The molecule has 2 aliphatic rings. The van der Waals surface area contributed by atoms with Crippen LogP contribution in [0.5, 0.6) is 5.75 Å². The Morgan fingerprint density at radius 2 is 1.61 bits per heavy atom. The second kappa shape index (κ2) is 10.5. The molecular weight excluding hydrogens is 444 g/mol. The van der Waals surface area contributed by atoms with E-state index in [1.165, 1.54) is 18.4 Å². The van der Waals surface area contributed by atoms with E-state index < -0.39 is 0 Å². The van der Waals surface area contributed by atoms with Crippen molar-refractivity contribution in [2.75, 3.05) is 20.2 Å². The molecule has 1 aliphatic heterocycles. The highest BCUT2D eigenvalue weighted by Crippen LogP contribution is 2.51. The van der Waals surface area contributed by atoms with Gasteiger partial charge in [-0.1, -0.05) is 83.5 Å². The topological polar surface area (TPSA) is 32.8 Å². The van der Waals surface area contributed by atoms with Crippen molar-refractivity contribution in [3.8, 4) is 5.75 Å². The van der Waals surface area contributed by atoms with Gasteiger partial charge in [-0.25, -0.2) is 4.79 Å². The van der Waals surface area contributed by atoms with Gasteiger partial charge in [0.15, 0.2) is 0 Å². The molecule has 4 rings (SSSR count). The lowest BCUT2D eigenvalue weighted by molar-refractivity contribution is 0.0590. The molecule has 1 saturated carbocycles. The van der Waals surface area contributed by atoms with Crippen LogP contribution in [-0.4, -0.2) is 41.6 Å². The zero-order valence-corrected chi connectivity index (χ0v) is 23.3. The molecule has 1 unspecified atom stereocenters. The Morgan fingerprint density at radius 1 is 0.972 bits per heavy atom. The zero-order chi connectivity index (χ0) is 26.0. The Kier molecular flexibility index (Phi) is 7.73. The molecule has 1 aliphatic carbocycles. The summed E-state index contributed by atoms with van der Waals surface area (Å²) in [5.74, 6) is 1.55. The summed E-state index contributed by atoms with van der Waals surface area (Å²) in [5, 5.41) is 0. The minimum Gasteiger partial charge on any atom is -0.497 e. The standard InChI is InChI=1S/C32H46N2O2/c1-7-25(2)21-31(27-11-9-8-10-12-27)17-19-32(20-18-31)24-33(29(35)34(32)23-30(3,4)5)22-26-13-15-28(36-6)16-14-26/h8-16,25H,7,17-24H2,1-6H3. The summed E-state index contributed by atoms with van der Waals surface area (Å²) in [6.07, 6.45) is 6.87. The van der Waals surface area contributed by atoms with Crippen molar-refractivity contribution < 1.29 is 9.53 Å². The van der Waals surface area contributed by atoms with Crippen LogP contribution >= 0.6 is 0 Å². The van der Waals surface area contributed by atoms with Crippen LogP contribution < -0.4 is 4.74 Å². The number of methoxy groups -OCH3 is 1. The van der Waals surface area contributed by atoms with Gasteiger partial charge < -0.3 is 14.5 Å². The minimum atomic E-state index is -0.0788. The number of hydrogen-bond donors (Lipinski definition) is 0. The van der Waals surface area contributed by atoms with Gasteiger partial charge in [-0.15, -0.1) is 0 Å². The molecule has 1 saturated heterocycles. The molecule has 2 amide bonds. The zero-order valence-electron chi connectivity index (χ0n) is 23.3. The van der Waals surface area contributed by atoms with E-state index in [2.05, 4.69) is 86.9 Å². The molecule has 2 aromatic rings. The fourth-order valence-electron chi connectivity index (χ4n) is 6.50. The fourth-order valence-corrected chi connectivity index (χ4v) is 6.50. The lowest BCUT2D eigenvalue weighted by Crippen LogP contribution is -2.54. The monoisotopic (exact) mass is 490 g/mol. The third-order valence-electron chi connectivity index (χ3n) is 8.68. The van der Waals surface area contributed by atoms with E-state index in [1.807, 2.05) is 12.1 Å². The number of carbonyl (C=O) groups is 1. The van der Waals surface area contributed by atoms with Gasteiger partial charge in [-0.05, 0) is 72.1 Å². The summed E-state index contributed by atoms with van der Waals surface area (Å²) in [4.78, 5) is 18.2. The molecule has 0 bridgehead atoms. The minimum absolute atomic E-state index is 0.0590. The SMILES string of the molecule is CCC(C)CC1(c2ccccc2)CCC2(CC1)CN(Cc1ccc(OC)cc1)C(=O)N2CC(C)(C)C. The molecule has 4 heteroatoms. The molecule has 196 valence electrons. The number of urea groups is 1. The highest BCUT2D eigenvalue weighted by Gasteiger charge is 2.54. The van der Waals surface area contributed by atoms with Crippen molar-refractivity contribution in [1.29, 1.82) is 0 Å². The van der Waals surface area contributed by atoms with Crippen LogP contribution in [0, 0.1) is 11.3 Å². The lowest BCUT2D eigenvalue weighted by Gasteiger charge is -2.50. The Morgan fingerprint density at radius 3 is 2.17 bits per heavy atom. The molecule has 0 N–H and O–H groups in total. The van der Waals surface area contributed by atoms with E-state index in [4.69, 9.17) is 4.74 Å². The molecule has 1 spiro atoms. The Hall–Kier alpha value is -2.49. The van der Waals surface area contributed by atoms with Gasteiger partial charge in [0.05, 0.1) is 12.6 Å². The summed E-state index contributed by atoms with van der Waals surface area (Å²) >= 11 is 0. The van der Waals surface area contributed by atoms with Crippen molar-refractivity contribution in [2.45, 2.75) is 90.6 Å². The highest BCUT2D eigenvalue weighted by molar-refractivity contribution is 5.78. The molecule has 1 heterocycles. The van der Waals surface area contributed by atoms with E-state index in [0.29, 0.717) is 12.5 Å². The number of rotatable bonds is 8. The van der Waals surface area contributed by atoms with Gasteiger partial charge in [-0.3, -0.25) is 0 Å². The summed E-state index contributed by atoms with van der Waals surface area (Å²) in [6, 6.07) is 19.5. The third-order valence-corrected chi connectivity index (χ3v) is 8.68. The number of carbonyl (C=O) groups excluding carboxylic acids is 1. The first-order valence-electron chi connectivity index (χ1n) is 13.8. The van der Waals surface area contributed by atoms with Gasteiger partial charge in [0.2, 0.25) is 0 Å². The van der Waals surface area contributed by atoms with E-state index in [0.717, 1.165) is 50.1 Å². The number of nitrogens with zero attached hydrogens (tertiary/aromatic N) is 2. The lowest BCUT2D eigenvalue weighted by atomic mass is 9.60. The number of ether oxygens (including phenoxy) is 1. The fraction of sp³-hybridized carbons (Fsp3) is 0.594. The number of amides is 2. The third kappa shape index (κ3) is 5.58. The van der Waals surface area contributed by atoms with Gasteiger partial charge in [0.25, 0.3) is 0 Å². The van der Waals surface area contributed by atoms with Crippen LogP contribution in [0.3, 0.4) is 0 Å². The predicted molar refractivity (Wildman–Crippen MR) is 148 cm³/mol. The maximum absolute atomic E-state index is 13.9. The normalized spacial score (nSPS) is 25.4. The predicted octanol–water partition coefficient (Wildman–Crippen LogP) is 7.67. The Bertz CT molecular complexity index is 1000. The van der Waals surface area contributed by atoms with Crippen molar-refractivity contribution >= 4 is 6.03 Å². The largest absolute Gasteiger partial charge is 0.497 e. The second-order valence-corrected chi connectivity index (χ2v) is 12.7. The summed E-state index contributed by atoms with van der Waals surface area (Å²) < 4.78 is 5.32. The van der Waals surface area contributed by atoms with Gasteiger partial charge >= 0.3 is 6.03 Å². The second-order valence-electron chi connectivity index (χ2n) is 12.7. The van der Waals surface area contributed by atoms with Crippen LogP contribution in [0.4, 0.5) is 4.79 Å². The van der Waals surface area contributed by atoms with Crippen molar-refractivity contribution in [3.63, 3.8) is 0 Å². The average molecular weight is 491 g/mol. The molecule has 1 atom stereocenters. The van der Waals surface area contributed by atoms with Gasteiger partial charge in [0, 0.05) is 19.6 Å². The first kappa shape index (κ1) is 26.6. The maximum Gasteiger partial charge on any atom is 0.320 e. The summed E-state index contributed by atoms with van der Waals surface area (Å²) in [7, 11) is 1.69. The van der Waals surface area contributed by atoms with E-state index >= 15 is 0 Å². The Labute approximate surface area is 219 Å². The van der Waals surface area contributed by atoms with E-state index in [-0.39, 0.29) is 22.4 Å². The van der Waals surface area contributed by atoms with Crippen LogP contribution in [0.25, 0.3) is 0 Å². The molecule has 2 fully saturated rings. The highest BCUT2D eigenvalue weighted by atomic mass is 16.5. The smallest absolute Gasteiger partial charge is 0.320 e. The van der Waals surface area contributed by atoms with Crippen LogP contribution in [0.15, 0.2) is 54.6 Å². The molecule has 0 aromatic heterocycles. The molecule has 4 nitrogen and oxygen atoms in total. The van der Waals surface area contributed by atoms with Crippen molar-refractivity contribution in [1.82, 2.24) is 9.80 Å². The molecular formula is C32H46N2O2. The van der Waals surface area contributed by atoms with Crippen LogP contribution in [0.2, 0.25) is 0 Å². The van der Waals surface area contributed by atoms with Crippen molar-refractivity contribution in [2.24, 2.45) is 11.3 Å². The van der Waals surface area contributed by atoms with Gasteiger partial charge in [-0.2, -0.15) is 0 Å². The van der Waals surface area contributed by atoms with Crippen LogP contribution in [0.1, 0.15) is 84.3 Å². The van der Waals surface area contributed by atoms with Gasteiger partial charge in [0.1, 0.15) is 5.75 Å².